The third-order valence-electron chi connectivity index (χ3n) is 2.16. The average molecular weight is 166 g/mol. The van der Waals surface area contributed by atoms with Gasteiger partial charge in [-0.15, -0.1) is 0 Å². The molecular formula is C8H10N2O2. The Balaban J connectivity index is 2.55. The second kappa shape index (κ2) is 2.62. The molecule has 4 nitrogen and oxygen atoms in total. The van der Waals surface area contributed by atoms with Gasteiger partial charge in [-0.2, -0.15) is 0 Å². The maximum atomic E-state index is 8.70. The van der Waals surface area contributed by atoms with E-state index in [0.29, 0.717) is 5.71 Å². The fourth-order valence-corrected chi connectivity index (χ4v) is 1.60. The summed E-state index contributed by atoms with van der Waals surface area (Å²) in [7, 11) is 0. The number of oxime groups is 1. The van der Waals surface area contributed by atoms with Crippen LogP contribution < -0.4 is 0 Å². The molecule has 1 aliphatic carbocycles. The fraction of sp³-hybridized carbons (Fsp3) is 0.500. The number of fused-ring (bicyclic) bond motifs is 1. The van der Waals surface area contributed by atoms with Crippen LogP contribution >= 0.6 is 0 Å². The molecule has 0 saturated carbocycles. The highest BCUT2D eigenvalue weighted by Crippen LogP contribution is 2.23. The number of rotatable bonds is 0. The van der Waals surface area contributed by atoms with Crippen LogP contribution in [0.15, 0.2) is 9.68 Å². The molecule has 0 radical (unpaired) electrons. The molecule has 12 heavy (non-hydrogen) atoms. The van der Waals surface area contributed by atoms with Crippen LogP contribution in [0.4, 0.5) is 0 Å². The van der Waals surface area contributed by atoms with Crippen LogP contribution in [0.2, 0.25) is 0 Å². The van der Waals surface area contributed by atoms with Gasteiger partial charge in [0.05, 0.1) is 17.0 Å². The first-order chi connectivity index (χ1) is 5.83. The molecule has 2 rings (SSSR count). The van der Waals surface area contributed by atoms with Gasteiger partial charge in [-0.25, -0.2) is 0 Å². The predicted molar refractivity (Wildman–Crippen MR) is 42.5 cm³/mol. The zero-order chi connectivity index (χ0) is 8.55. The van der Waals surface area contributed by atoms with E-state index in [0.717, 1.165) is 36.3 Å². The Morgan fingerprint density at radius 3 is 3.08 bits per heavy atom. The van der Waals surface area contributed by atoms with Gasteiger partial charge in [0.1, 0.15) is 5.76 Å². The van der Waals surface area contributed by atoms with Crippen molar-refractivity contribution in [3.05, 3.63) is 17.0 Å². The smallest absolute Gasteiger partial charge is 0.146 e. The summed E-state index contributed by atoms with van der Waals surface area (Å²) in [6.07, 6.45) is 2.68. The third-order valence-corrected chi connectivity index (χ3v) is 2.16. The van der Waals surface area contributed by atoms with Crippen molar-refractivity contribution in [3.8, 4) is 0 Å². The van der Waals surface area contributed by atoms with E-state index in [-0.39, 0.29) is 0 Å². The molecule has 1 N–H and O–H groups in total. The average Bonchev–Trinajstić information content (AvgIpc) is 2.48. The predicted octanol–water partition coefficient (Wildman–Crippen LogP) is 1.50. The Labute approximate surface area is 69.9 Å². The number of hydrogen-bond acceptors (Lipinski definition) is 4. The first-order valence-electron chi connectivity index (χ1n) is 3.99. The Morgan fingerprint density at radius 1 is 1.50 bits per heavy atom. The van der Waals surface area contributed by atoms with Crippen molar-refractivity contribution in [2.45, 2.75) is 26.2 Å². The van der Waals surface area contributed by atoms with Crippen molar-refractivity contribution < 1.29 is 9.73 Å². The Bertz CT molecular complexity index is 328. The number of aromatic nitrogens is 1. The van der Waals surface area contributed by atoms with Crippen LogP contribution in [-0.2, 0) is 6.42 Å². The van der Waals surface area contributed by atoms with Gasteiger partial charge in [0.25, 0.3) is 0 Å². The molecule has 0 saturated heterocycles. The summed E-state index contributed by atoms with van der Waals surface area (Å²) in [5.74, 6) is 0.853. The third kappa shape index (κ3) is 0.913. The molecule has 4 heteroatoms. The summed E-state index contributed by atoms with van der Waals surface area (Å²) in [4.78, 5) is 0. The molecule has 0 bridgehead atoms. The van der Waals surface area contributed by atoms with Crippen molar-refractivity contribution in [1.29, 1.82) is 0 Å². The molecule has 1 aliphatic rings. The van der Waals surface area contributed by atoms with E-state index in [4.69, 9.17) is 9.73 Å². The van der Waals surface area contributed by atoms with Crippen LogP contribution in [0.25, 0.3) is 0 Å². The zero-order valence-electron chi connectivity index (χ0n) is 6.87. The van der Waals surface area contributed by atoms with Crippen LogP contribution in [0.1, 0.15) is 29.9 Å². The van der Waals surface area contributed by atoms with Gasteiger partial charge in [-0.1, -0.05) is 10.3 Å². The lowest BCUT2D eigenvalue weighted by Crippen LogP contribution is -2.10. The summed E-state index contributed by atoms with van der Waals surface area (Å²) in [5.41, 5.74) is 2.43. The molecule has 64 valence electrons. The first kappa shape index (κ1) is 7.34. The molecule has 0 unspecified atom stereocenters. The quantitative estimate of drug-likeness (QED) is 0.469. The highest BCUT2D eigenvalue weighted by molar-refractivity contribution is 6.02. The highest BCUT2D eigenvalue weighted by Gasteiger charge is 2.22. The number of aryl methyl sites for hydroxylation is 2. The summed E-state index contributed by atoms with van der Waals surface area (Å²) < 4.78 is 5.08. The van der Waals surface area contributed by atoms with E-state index in [2.05, 4.69) is 10.3 Å². The second-order valence-electron chi connectivity index (χ2n) is 2.97. The van der Waals surface area contributed by atoms with Crippen LogP contribution in [0.5, 0.6) is 0 Å². The second-order valence-corrected chi connectivity index (χ2v) is 2.97. The molecule has 0 aliphatic heterocycles. The van der Waals surface area contributed by atoms with Gasteiger partial charge in [0.15, 0.2) is 0 Å². The number of nitrogens with zero attached hydrogens (tertiary/aromatic N) is 2. The van der Waals surface area contributed by atoms with Crippen LogP contribution in [0, 0.1) is 6.92 Å². The van der Waals surface area contributed by atoms with Gasteiger partial charge in [-0.05, 0) is 19.8 Å². The zero-order valence-corrected chi connectivity index (χ0v) is 6.87. The molecular weight excluding hydrogens is 156 g/mol. The van der Waals surface area contributed by atoms with Gasteiger partial charge < -0.3 is 9.73 Å². The van der Waals surface area contributed by atoms with E-state index in [1.807, 2.05) is 6.92 Å². The lowest BCUT2D eigenvalue weighted by atomic mass is 9.95. The monoisotopic (exact) mass is 166 g/mol. The van der Waals surface area contributed by atoms with Crippen molar-refractivity contribution in [2.24, 2.45) is 5.16 Å². The van der Waals surface area contributed by atoms with Gasteiger partial charge in [-0.3, -0.25) is 0 Å². The molecule has 0 amide bonds. The lowest BCUT2D eigenvalue weighted by molar-refractivity contribution is 0.316. The van der Waals surface area contributed by atoms with E-state index >= 15 is 0 Å². The van der Waals surface area contributed by atoms with E-state index in [1.54, 1.807) is 0 Å². The van der Waals surface area contributed by atoms with E-state index in [9.17, 15) is 0 Å². The van der Waals surface area contributed by atoms with Crippen molar-refractivity contribution >= 4 is 5.71 Å². The molecule has 0 fully saturated rings. The van der Waals surface area contributed by atoms with E-state index < -0.39 is 0 Å². The molecule has 0 spiro atoms. The van der Waals surface area contributed by atoms with E-state index in [1.165, 1.54) is 0 Å². The van der Waals surface area contributed by atoms with Crippen molar-refractivity contribution in [3.63, 3.8) is 0 Å². The first-order valence-corrected chi connectivity index (χ1v) is 3.99. The summed E-state index contributed by atoms with van der Waals surface area (Å²) in [6.45, 7) is 1.86. The SMILES string of the molecule is Cc1noc2c1/C(=N/O)CCC2. The largest absolute Gasteiger partial charge is 0.411 e. The normalized spacial score (nSPS) is 19.6. The maximum Gasteiger partial charge on any atom is 0.146 e. The summed E-state index contributed by atoms with van der Waals surface area (Å²) in [5, 5.41) is 15.8. The van der Waals surface area contributed by atoms with Crippen LogP contribution in [-0.4, -0.2) is 16.1 Å². The van der Waals surface area contributed by atoms with Crippen molar-refractivity contribution in [1.82, 2.24) is 5.16 Å². The lowest BCUT2D eigenvalue weighted by Gasteiger charge is -2.09. The minimum Gasteiger partial charge on any atom is -0.411 e. The molecule has 1 aromatic rings. The van der Waals surface area contributed by atoms with Gasteiger partial charge >= 0.3 is 0 Å². The van der Waals surface area contributed by atoms with Gasteiger partial charge in [0.2, 0.25) is 0 Å². The Hall–Kier alpha value is -1.32. The van der Waals surface area contributed by atoms with Crippen LogP contribution in [0.3, 0.4) is 0 Å². The number of hydrogen-bond donors (Lipinski definition) is 1. The molecule has 1 aromatic heterocycles. The standard InChI is InChI=1S/C8H10N2O2/c1-5-8-6(9-11)3-2-4-7(8)12-10-5/h11H,2-4H2,1H3/b9-6+. The molecule has 0 atom stereocenters. The Kier molecular flexibility index (Phi) is 1.60. The molecule has 0 aromatic carbocycles. The summed E-state index contributed by atoms with van der Waals surface area (Å²) >= 11 is 0. The molecule has 1 heterocycles. The maximum absolute atomic E-state index is 8.70. The topological polar surface area (TPSA) is 58.6 Å². The highest BCUT2D eigenvalue weighted by atomic mass is 16.5. The summed E-state index contributed by atoms with van der Waals surface area (Å²) in [6, 6.07) is 0. The Morgan fingerprint density at radius 2 is 2.33 bits per heavy atom. The van der Waals surface area contributed by atoms with Gasteiger partial charge in [0, 0.05) is 6.42 Å². The van der Waals surface area contributed by atoms with Crippen molar-refractivity contribution in [2.75, 3.05) is 0 Å². The fourth-order valence-electron chi connectivity index (χ4n) is 1.60. The minimum atomic E-state index is 0.704. The minimum absolute atomic E-state index is 0.704.